The molecule has 1 N–H and O–H groups in total. The van der Waals surface area contributed by atoms with Gasteiger partial charge in [-0.25, -0.2) is 0 Å². The highest BCUT2D eigenvalue weighted by molar-refractivity contribution is 5.84. The standard InChI is InChI=1S/C19H21NO4/c1-23-16-9-7-14(8-10-16)13-20(11-12-21)19(22)18-17(24-18)15-5-3-2-4-6-15/h2-10,17-18,21H,11-13H2,1H3. The minimum atomic E-state index is -0.461. The van der Waals surface area contributed by atoms with Gasteiger partial charge in [0.05, 0.1) is 13.7 Å². The molecular formula is C19H21NO4. The molecule has 0 radical (unpaired) electrons. The molecule has 2 unspecified atom stereocenters. The fraction of sp³-hybridized carbons (Fsp3) is 0.316. The summed E-state index contributed by atoms with van der Waals surface area (Å²) in [6.45, 7) is 0.640. The Balaban J connectivity index is 1.65. The summed E-state index contributed by atoms with van der Waals surface area (Å²) in [6, 6.07) is 17.3. The van der Waals surface area contributed by atoms with Gasteiger partial charge in [-0.05, 0) is 23.3 Å². The number of amides is 1. The number of carbonyl (C=O) groups is 1. The molecule has 0 bridgehead atoms. The number of carbonyl (C=O) groups excluding carboxylic acids is 1. The fourth-order valence-corrected chi connectivity index (χ4v) is 2.72. The summed E-state index contributed by atoms with van der Waals surface area (Å²) in [5.41, 5.74) is 1.98. The van der Waals surface area contributed by atoms with Gasteiger partial charge in [0, 0.05) is 13.1 Å². The Morgan fingerprint density at radius 1 is 1.17 bits per heavy atom. The van der Waals surface area contributed by atoms with Crippen LogP contribution in [0, 0.1) is 0 Å². The molecule has 3 rings (SSSR count). The zero-order valence-electron chi connectivity index (χ0n) is 13.6. The highest BCUT2D eigenvalue weighted by atomic mass is 16.6. The highest BCUT2D eigenvalue weighted by Crippen LogP contribution is 2.39. The summed E-state index contributed by atoms with van der Waals surface area (Å²) >= 11 is 0. The molecule has 2 aromatic rings. The number of hydrogen-bond acceptors (Lipinski definition) is 4. The lowest BCUT2D eigenvalue weighted by Gasteiger charge is -2.21. The average molecular weight is 327 g/mol. The van der Waals surface area contributed by atoms with Gasteiger partial charge in [-0.2, -0.15) is 0 Å². The number of rotatable bonds is 7. The monoisotopic (exact) mass is 327 g/mol. The normalized spacial score (nSPS) is 18.9. The summed E-state index contributed by atoms with van der Waals surface area (Å²) < 4.78 is 10.7. The van der Waals surface area contributed by atoms with Crippen molar-refractivity contribution in [3.63, 3.8) is 0 Å². The lowest BCUT2D eigenvalue weighted by atomic mass is 10.1. The van der Waals surface area contributed by atoms with Crippen LogP contribution >= 0.6 is 0 Å². The van der Waals surface area contributed by atoms with Crippen LogP contribution in [0.5, 0.6) is 5.75 Å². The Bertz CT molecular complexity index is 672. The van der Waals surface area contributed by atoms with Crippen molar-refractivity contribution in [3.8, 4) is 5.75 Å². The van der Waals surface area contributed by atoms with Crippen LogP contribution in [-0.2, 0) is 16.1 Å². The molecule has 0 aromatic heterocycles. The van der Waals surface area contributed by atoms with Crippen molar-refractivity contribution in [2.24, 2.45) is 0 Å². The Labute approximate surface area is 141 Å². The predicted molar refractivity (Wildman–Crippen MR) is 89.6 cm³/mol. The summed E-state index contributed by atoms with van der Waals surface area (Å²) in [5, 5.41) is 9.28. The molecule has 1 saturated heterocycles. The van der Waals surface area contributed by atoms with Gasteiger partial charge in [-0.15, -0.1) is 0 Å². The molecule has 126 valence electrons. The third kappa shape index (κ3) is 3.75. The maximum Gasteiger partial charge on any atom is 0.255 e. The smallest absolute Gasteiger partial charge is 0.255 e. The van der Waals surface area contributed by atoms with Gasteiger partial charge in [0.25, 0.3) is 5.91 Å². The lowest BCUT2D eigenvalue weighted by Crippen LogP contribution is -2.36. The first kappa shape index (κ1) is 16.5. The van der Waals surface area contributed by atoms with Crippen LogP contribution in [0.15, 0.2) is 54.6 Å². The Kier molecular flexibility index (Phi) is 5.13. The number of benzene rings is 2. The van der Waals surface area contributed by atoms with Crippen molar-refractivity contribution in [1.29, 1.82) is 0 Å². The summed E-state index contributed by atoms with van der Waals surface area (Å²) in [7, 11) is 1.62. The van der Waals surface area contributed by atoms with Crippen molar-refractivity contribution < 1.29 is 19.4 Å². The third-order valence-corrected chi connectivity index (χ3v) is 4.08. The van der Waals surface area contributed by atoms with Gasteiger partial charge < -0.3 is 19.5 Å². The van der Waals surface area contributed by atoms with Gasteiger partial charge in [-0.1, -0.05) is 42.5 Å². The molecule has 1 heterocycles. The van der Waals surface area contributed by atoms with Crippen LogP contribution < -0.4 is 4.74 Å². The van der Waals surface area contributed by atoms with E-state index in [2.05, 4.69) is 0 Å². The largest absolute Gasteiger partial charge is 0.497 e. The SMILES string of the molecule is COc1ccc(CN(CCO)C(=O)C2OC2c2ccccc2)cc1. The van der Waals surface area contributed by atoms with Gasteiger partial charge in [0.15, 0.2) is 6.10 Å². The molecule has 1 aliphatic rings. The van der Waals surface area contributed by atoms with E-state index in [1.807, 2.05) is 54.6 Å². The first-order chi connectivity index (χ1) is 11.7. The van der Waals surface area contributed by atoms with Crippen molar-refractivity contribution in [2.45, 2.75) is 18.8 Å². The van der Waals surface area contributed by atoms with E-state index >= 15 is 0 Å². The second-order valence-corrected chi connectivity index (χ2v) is 5.72. The zero-order valence-corrected chi connectivity index (χ0v) is 13.6. The number of aliphatic hydroxyl groups excluding tert-OH is 1. The van der Waals surface area contributed by atoms with Gasteiger partial charge in [0.2, 0.25) is 0 Å². The minimum Gasteiger partial charge on any atom is -0.497 e. The van der Waals surface area contributed by atoms with E-state index in [-0.39, 0.29) is 25.2 Å². The number of epoxide rings is 1. The van der Waals surface area contributed by atoms with Crippen LogP contribution in [-0.4, -0.2) is 42.3 Å². The Morgan fingerprint density at radius 3 is 2.50 bits per heavy atom. The molecule has 2 atom stereocenters. The van der Waals surface area contributed by atoms with Crippen LogP contribution in [0.1, 0.15) is 17.2 Å². The van der Waals surface area contributed by atoms with Gasteiger partial charge >= 0.3 is 0 Å². The van der Waals surface area contributed by atoms with E-state index in [1.54, 1.807) is 12.0 Å². The first-order valence-corrected chi connectivity index (χ1v) is 7.96. The molecule has 1 amide bonds. The molecule has 0 saturated carbocycles. The number of methoxy groups -OCH3 is 1. The number of nitrogens with zero attached hydrogens (tertiary/aromatic N) is 1. The van der Waals surface area contributed by atoms with Crippen molar-refractivity contribution >= 4 is 5.91 Å². The van der Waals surface area contributed by atoms with Gasteiger partial charge in [0.1, 0.15) is 11.9 Å². The van der Waals surface area contributed by atoms with Crippen molar-refractivity contribution in [2.75, 3.05) is 20.3 Å². The van der Waals surface area contributed by atoms with E-state index in [4.69, 9.17) is 9.47 Å². The van der Waals surface area contributed by atoms with Crippen LogP contribution in [0.25, 0.3) is 0 Å². The Hall–Kier alpha value is -2.37. The van der Waals surface area contributed by atoms with E-state index in [9.17, 15) is 9.90 Å². The van der Waals surface area contributed by atoms with E-state index in [0.29, 0.717) is 6.54 Å². The second kappa shape index (κ2) is 7.47. The summed E-state index contributed by atoms with van der Waals surface area (Å²) in [5.74, 6) is 0.683. The van der Waals surface area contributed by atoms with Crippen LogP contribution in [0.4, 0.5) is 0 Å². The molecule has 1 aliphatic heterocycles. The Morgan fingerprint density at radius 2 is 1.88 bits per heavy atom. The molecule has 0 aliphatic carbocycles. The fourth-order valence-electron chi connectivity index (χ4n) is 2.72. The molecule has 5 heteroatoms. The first-order valence-electron chi connectivity index (χ1n) is 7.96. The third-order valence-electron chi connectivity index (χ3n) is 4.08. The molecule has 24 heavy (non-hydrogen) atoms. The molecule has 2 aromatic carbocycles. The van der Waals surface area contributed by atoms with E-state index in [1.165, 1.54) is 0 Å². The molecular weight excluding hydrogens is 306 g/mol. The van der Waals surface area contributed by atoms with Crippen molar-refractivity contribution in [1.82, 2.24) is 4.90 Å². The number of hydrogen-bond donors (Lipinski definition) is 1. The van der Waals surface area contributed by atoms with E-state index in [0.717, 1.165) is 16.9 Å². The maximum atomic E-state index is 12.7. The lowest BCUT2D eigenvalue weighted by molar-refractivity contribution is -0.133. The molecule has 5 nitrogen and oxygen atoms in total. The highest BCUT2D eigenvalue weighted by Gasteiger charge is 2.47. The quantitative estimate of drug-likeness (QED) is 0.792. The van der Waals surface area contributed by atoms with Crippen LogP contribution in [0.2, 0.25) is 0 Å². The second-order valence-electron chi connectivity index (χ2n) is 5.72. The topological polar surface area (TPSA) is 62.3 Å². The summed E-state index contributed by atoms with van der Waals surface area (Å²) in [6.07, 6.45) is -0.645. The average Bonchev–Trinajstić information content (AvgIpc) is 3.43. The predicted octanol–water partition coefficient (Wildman–Crippen LogP) is 2.16. The maximum absolute atomic E-state index is 12.7. The zero-order chi connectivity index (χ0) is 16.9. The van der Waals surface area contributed by atoms with Gasteiger partial charge in [-0.3, -0.25) is 4.79 Å². The van der Waals surface area contributed by atoms with Crippen molar-refractivity contribution in [3.05, 3.63) is 65.7 Å². The number of aliphatic hydroxyl groups is 1. The van der Waals surface area contributed by atoms with E-state index < -0.39 is 6.10 Å². The van der Waals surface area contributed by atoms with Crippen LogP contribution in [0.3, 0.4) is 0 Å². The summed E-state index contributed by atoms with van der Waals surface area (Å²) in [4.78, 5) is 14.3. The number of ether oxygens (including phenoxy) is 2. The molecule has 1 fully saturated rings. The minimum absolute atomic E-state index is 0.0788. The molecule has 0 spiro atoms.